The molecule has 1 aliphatic rings. The van der Waals surface area contributed by atoms with Crippen molar-refractivity contribution in [1.29, 1.82) is 0 Å². The number of benzene rings is 2. The second-order valence-electron chi connectivity index (χ2n) is 7.08. The van der Waals surface area contributed by atoms with E-state index in [2.05, 4.69) is 20.5 Å². The smallest absolute Gasteiger partial charge is 0.191 e. The van der Waals surface area contributed by atoms with E-state index < -0.39 is 11.6 Å². The predicted octanol–water partition coefficient (Wildman–Crippen LogP) is 3.50. The summed E-state index contributed by atoms with van der Waals surface area (Å²) in [5, 5.41) is 6.42. The predicted molar refractivity (Wildman–Crippen MR) is 126 cm³/mol. The number of hydrogen-bond acceptors (Lipinski definition) is 3. The summed E-state index contributed by atoms with van der Waals surface area (Å²) >= 11 is 0. The van der Waals surface area contributed by atoms with Crippen molar-refractivity contribution in [1.82, 2.24) is 15.5 Å². The number of nitrogens with zero attached hydrogens (tertiary/aromatic N) is 2. The number of ether oxygens (including phenoxy) is 1. The van der Waals surface area contributed by atoms with Gasteiger partial charge in [-0.05, 0) is 47.9 Å². The van der Waals surface area contributed by atoms with E-state index in [1.165, 1.54) is 18.2 Å². The van der Waals surface area contributed by atoms with Crippen LogP contribution in [0.4, 0.5) is 13.2 Å². The molecule has 0 spiro atoms. The summed E-state index contributed by atoms with van der Waals surface area (Å²) in [6.07, 6.45) is 0.329. The van der Waals surface area contributed by atoms with E-state index >= 15 is 0 Å². The van der Waals surface area contributed by atoms with Crippen molar-refractivity contribution in [3.8, 4) is 0 Å². The Morgan fingerprint density at radius 3 is 2.39 bits per heavy atom. The van der Waals surface area contributed by atoms with Crippen LogP contribution in [0.25, 0.3) is 0 Å². The van der Waals surface area contributed by atoms with Gasteiger partial charge in [-0.25, -0.2) is 13.2 Å². The molecular weight excluding hydrogens is 520 g/mol. The van der Waals surface area contributed by atoms with E-state index in [0.717, 1.165) is 30.8 Å². The zero-order valence-corrected chi connectivity index (χ0v) is 19.7. The topological polar surface area (TPSA) is 48.9 Å². The zero-order valence-electron chi connectivity index (χ0n) is 17.4. The van der Waals surface area contributed by atoms with Gasteiger partial charge >= 0.3 is 0 Å². The summed E-state index contributed by atoms with van der Waals surface area (Å²) in [6, 6.07) is 9.97. The fraction of sp³-hybridized carbons (Fsp3) is 0.409. The monoisotopic (exact) mass is 548 g/mol. The normalized spacial score (nSPS) is 15.8. The lowest BCUT2D eigenvalue weighted by Gasteiger charge is -2.35. The van der Waals surface area contributed by atoms with Crippen molar-refractivity contribution >= 4 is 29.9 Å². The van der Waals surface area contributed by atoms with E-state index in [1.807, 2.05) is 0 Å². The minimum absolute atomic E-state index is 0. The highest BCUT2D eigenvalue weighted by molar-refractivity contribution is 14.0. The Hall–Kier alpha value is -1.85. The molecule has 1 aliphatic heterocycles. The number of hydrogen-bond donors (Lipinski definition) is 2. The summed E-state index contributed by atoms with van der Waals surface area (Å²) in [5.41, 5.74) is 1.32. The lowest BCUT2D eigenvalue weighted by atomic mass is 10.0. The van der Waals surface area contributed by atoms with Gasteiger partial charge in [0.25, 0.3) is 0 Å². The van der Waals surface area contributed by atoms with Gasteiger partial charge in [0.1, 0.15) is 17.5 Å². The molecule has 1 atom stereocenters. The summed E-state index contributed by atoms with van der Waals surface area (Å²) in [7, 11) is 1.65. The molecule has 170 valence electrons. The number of morpholine rings is 1. The average Bonchev–Trinajstić information content (AvgIpc) is 2.77. The van der Waals surface area contributed by atoms with Crippen molar-refractivity contribution in [3.05, 3.63) is 71.0 Å². The van der Waals surface area contributed by atoms with Gasteiger partial charge in [-0.15, -0.1) is 24.0 Å². The molecule has 1 saturated heterocycles. The molecule has 0 aromatic heterocycles. The first-order chi connectivity index (χ1) is 14.6. The van der Waals surface area contributed by atoms with Crippen molar-refractivity contribution in [2.45, 2.75) is 12.5 Å². The number of rotatable bonds is 7. The summed E-state index contributed by atoms with van der Waals surface area (Å²) in [4.78, 5) is 6.50. The third kappa shape index (κ3) is 7.65. The van der Waals surface area contributed by atoms with Crippen LogP contribution in [0.5, 0.6) is 0 Å². The van der Waals surface area contributed by atoms with Gasteiger partial charge in [0, 0.05) is 33.2 Å². The quantitative estimate of drug-likeness (QED) is 0.316. The molecule has 2 N–H and O–H groups in total. The van der Waals surface area contributed by atoms with Crippen LogP contribution in [-0.4, -0.2) is 57.3 Å². The fourth-order valence-electron chi connectivity index (χ4n) is 3.50. The van der Waals surface area contributed by atoms with Crippen LogP contribution in [0, 0.1) is 17.5 Å². The van der Waals surface area contributed by atoms with Crippen molar-refractivity contribution in [2.24, 2.45) is 4.99 Å². The first-order valence-electron chi connectivity index (χ1n) is 10.0. The van der Waals surface area contributed by atoms with Crippen LogP contribution in [0.3, 0.4) is 0 Å². The van der Waals surface area contributed by atoms with E-state index in [-0.39, 0.29) is 35.8 Å². The average molecular weight is 548 g/mol. The number of guanidine groups is 1. The Morgan fingerprint density at radius 2 is 1.71 bits per heavy atom. The van der Waals surface area contributed by atoms with Crippen LogP contribution in [0.1, 0.15) is 17.2 Å². The van der Waals surface area contributed by atoms with Crippen molar-refractivity contribution in [2.75, 3.05) is 46.4 Å². The van der Waals surface area contributed by atoms with Gasteiger partial charge in [0.15, 0.2) is 5.96 Å². The zero-order chi connectivity index (χ0) is 21.3. The second-order valence-corrected chi connectivity index (χ2v) is 7.08. The molecule has 0 saturated carbocycles. The molecule has 0 bridgehead atoms. The van der Waals surface area contributed by atoms with Crippen LogP contribution in [0.2, 0.25) is 0 Å². The highest BCUT2D eigenvalue weighted by Crippen LogP contribution is 2.21. The molecule has 0 radical (unpaired) electrons. The molecule has 9 heteroatoms. The molecule has 0 amide bonds. The third-order valence-corrected chi connectivity index (χ3v) is 5.12. The highest BCUT2D eigenvalue weighted by atomic mass is 127. The number of nitrogens with one attached hydrogen (secondary N) is 2. The summed E-state index contributed by atoms with van der Waals surface area (Å²) in [6.45, 7) is 3.84. The van der Waals surface area contributed by atoms with Crippen LogP contribution < -0.4 is 10.6 Å². The third-order valence-electron chi connectivity index (χ3n) is 5.12. The lowest BCUT2D eigenvalue weighted by Crippen LogP contribution is -2.46. The van der Waals surface area contributed by atoms with E-state index in [9.17, 15) is 13.2 Å². The summed E-state index contributed by atoms with van der Waals surface area (Å²) in [5.74, 6) is -0.590. The summed E-state index contributed by atoms with van der Waals surface area (Å²) < 4.78 is 45.9. The molecular formula is C22H28F3IN4O. The molecule has 1 heterocycles. The highest BCUT2D eigenvalue weighted by Gasteiger charge is 2.23. The minimum atomic E-state index is -0.457. The minimum Gasteiger partial charge on any atom is -0.379 e. The van der Waals surface area contributed by atoms with Gasteiger partial charge in [-0.1, -0.05) is 12.1 Å². The van der Waals surface area contributed by atoms with Crippen molar-refractivity contribution in [3.63, 3.8) is 0 Å². The first kappa shape index (κ1) is 25.4. The van der Waals surface area contributed by atoms with Gasteiger partial charge in [-0.2, -0.15) is 0 Å². The van der Waals surface area contributed by atoms with E-state index in [1.54, 1.807) is 19.2 Å². The maximum atomic E-state index is 13.8. The maximum absolute atomic E-state index is 13.8. The Balaban J connectivity index is 0.00000341. The van der Waals surface area contributed by atoms with Crippen LogP contribution >= 0.6 is 24.0 Å². The van der Waals surface area contributed by atoms with Gasteiger partial charge in [0.05, 0.1) is 19.3 Å². The Morgan fingerprint density at radius 1 is 1.03 bits per heavy atom. The van der Waals surface area contributed by atoms with Gasteiger partial charge in [-0.3, -0.25) is 9.89 Å². The number of aliphatic imine (C=N–C) groups is 1. The second kappa shape index (κ2) is 12.9. The Bertz CT molecular complexity index is 845. The van der Waals surface area contributed by atoms with Crippen LogP contribution in [0.15, 0.2) is 47.5 Å². The molecule has 0 aliphatic carbocycles. The molecule has 1 fully saturated rings. The SMILES string of the molecule is CN=C(NCCc1cc(F)ccc1F)NCC(c1ccc(F)cc1)N1CCOCC1.I. The maximum Gasteiger partial charge on any atom is 0.191 e. The largest absolute Gasteiger partial charge is 0.379 e. The van der Waals surface area contributed by atoms with E-state index in [0.29, 0.717) is 44.2 Å². The molecule has 31 heavy (non-hydrogen) atoms. The fourth-order valence-corrected chi connectivity index (χ4v) is 3.50. The standard InChI is InChI=1S/C22H27F3N4O.HI/c1-26-22(27-9-8-17-14-19(24)6-7-20(17)25)28-15-21(29-10-12-30-13-11-29)16-2-4-18(23)5-3-16;/h2-7,14,21H,8-13,15H2,1H3,(H2,26,27,28);1H. The van der Waals surface area contributed by atoms with Gasteiger partial charge < -0.3 is 15.4 Å². The molecule has 3 rings (SSSR count). The first-order valence-corrected chi connectivity index (χ1v) is 10.0. The van der Waals surface area contributed by atoms with Gasteiger partial charge in [0.2, 0.25) is 0 Å². The number of halogens is 4. The lowest BCUT2D eigenvalue weighted by molar-refractivity contribution is 0.0170. The van der Waals surface area contributed by atoms with Crippen molar-refractivity contribution < 1.29 is 17.9 Å². The molecule has 1 unspecified atom stereocenters. The van der Waals surface area contributed by atoms with E-state index in [4.69, 9.17) is 4.74 Å². The molecule has 2 aromatic rings. The Labute approximate surface area is 198 Å². The molecule has 2 aromatic carbocycles. The molecule has 5 nitrogen and oxygen atoms in total. The van der Waals surface area contributed by atoms with Crippen LogP contribution in [-0.2, 0) is 11.2 Å². The Kier molecular flexibility index (Phi) is 10.6.